The SMILES string of the molecule is COc1cc(F)cnc1N1CC2(C1)CN(c1nnc3n1-c1ccc(Cl)cc1CN(C(C)C#N)C3)C2. The van der Waals surface area contributed by atoms with Gasteiger partial charge in [0.25, 0.3) is 0 Å². The Balaban J connectivity index is 1.24. The molecule has 6 rings (SSSR count). The fourth-order valence-electron chi connectivity index (χ4n) is 5.39. The molecule has 180 valence electrons. The molecule has 3 aliphatic heterocycles. The zero-order valence-electron chi connectivity index (χ0n) is 19.4. The van der Waals surface area contributed by atoms with Crippen molar-refractivity contribution in [2.75, 3.05) is 43.1 Å². The molecule has 0 N–H and O–H groups in total. The van der Waals surface area contributed by atoms with E-state index in [4.69, 9.17) is 16.3 Å². The van der Waals surface area contributed by atoms with Gasteiger partial charge >= 0.3 is 0 Å². The summed E-state index contributed by atoms with van der Waals surface area (Å²) in [6.45, 7) is 6.34. The average Bonchev–Trinajstić information content (AvgIpc) is 3.12. The first-order valence-electron chi connectivity index (χ1n) is 11.5. The molecule has 1 unspecified atom stereocenters. The summed E-state index contributed by atoms with van der Waals surface area (Å²) in [6, 6.07) is 9.27. The summed E-state index contributed by atoms with van der Waals surface area (Å²) in [6.07, 6.45) is 1.22. The molecule has 0 saturated carbocycles. The molecule has 35 heavy (non-hydrogen) atoms. The number of aromatic nitrogens is 4. The van der Waals surface area contributed by atoms with Gasteiger partial charge in [-0.2, -0.15) is 5.26 Å². The summed E-state index contributed by atoms with van der Waals surface area (Å²) in [5.74, 6) is 2.32. The first-order valence-corrected chi connectivity index (χ1v) is 11.8. The van der Waals surface area contributed by atoms with Gasteiger partial charge in [0.2, 0.25) is 5.95 Å². The highest BCUT2D eigenvalue weighted by Crippen LogP contribution is 2.45. The quantitative estimate of drug-likeness (QED) is 0.547. The van der Waals surface area contributed by atoms with E-state index in [0.717, 1.165) is 49.2 Å². The van der Waals surface area contributed by atoms with Gasteiger partial charge in [-0.1, -0.05) is 11.6 Å². The molecule has 1 atom stereocenters. The minimum Gasteiger partial charge on any atom is -0.493 e. The summed E-state index contributed by atoms with van der Waals surface area (Å²) < 4.78 is 21.0. The number of hydrogen-bond donors (Lipinski definition) is 0. The van der Waals surface area contributed by atoms with Crippen LogP contribution in [0.2, 0.25) is 5.02 Å². The van der Waals surface area contributed by atoms with Gasteiger partial charge in [-0.25, -0.2) is 9.37 Å². The van der Waals surface area contributed by atoms with Crippen LogP contribution in [0.4, 0.5) is 16.2 Å². The molecule has 5 heterocycles. The second-order valence-electron chi connectivity index (χ2n) is 9.63. The Morgan fingerprint density at radius 1 is 1.14 bits per heavy atom. The lowest BCUT2D eigenvalue weighted by molar-refractivity contribution is 0.152. The van der Waals surface area contributed by atoms with Crippen molar-refractivity contribution in [2.45, 2.75) is 26.1 Å². The normalized spacial score (nSPS) is 19.2. The van der Waals surface area contributed by atoms with E-state index in [2.05, 4.69) is 40.5 Å². The van der Waals surface area contributed by atoms with Gasteiger partial charge in [-0.15, -0.1) is 10.2 Å². The Labute approximate surface area is 207 Å². The maximum atomic E-state index is 13.5. The minimum absolute atomic E-state index is 0.127. The van der Waals surface area contributed by atoms with Crippen LogP contribution in [0.1, 0.15) is 18.3 Å². The van der Waals surface area contributed by atoms with Gasteiger partial charge in [0.05, 0.1) is 37.6 Å². The predicted molar refractivity (Wildman–Crippen MR) is 128 cm³/mol. The number of hydrogen-bond acceptors (Lipinski definition) is 8. The van der Waals surface area contributed by atoms with Crippen molar-refractivity contribution in [3.05, 3.63) is 52.7 Å². The largest absolute Gasteiger partial charge is 0.493 e. The molecule has 2 aromatic heterocycles. The van der Waals surface area contributed by atoms with Crippen LogP contribution in [0.5, 0.6) is 5.75 Å². The van der Waals surface area contributed by atoms with Crippen LogP contribution in [0.3, 0.4) is 0 Å². The number of nitriles is 1. The standard InChI is InChI=1S/C24H24ClFN8O/c1-15(7-27)31-9-16-5-17(25)3-4-19(16)34-21(10-31)29-30-23(34)33-13-24(14-33)11-32(12-24)22-20(35-2)6-18(26)8-28-22/h3-6,8,15H,9-14H2,1-2H3. The van der Waals surface area contributed by atoms with Crippen molar-refractivity contribution < 1.29 is 9.13 Å². The highest BCUT2D eigenvalue weighted by Gasteiger charge is 2.54. The number of methoxy groups -OCH3 is 1. The molecule has 3 aliphatic rings. The number of pyridine rings is 1. The summed E-state index contributed by atoms with van der Waals surface area (Å²) in [4.78, 5) is 10.7. The van der Waals surface area contributed by atoms with Crippen molar-refractivity contribution >= 4 is 23.4 Å². The van der Waals surface area contributed by atoms with Crippen molar-refractivity contribution in [3.63, 3.8) is 0 Å². The van der Waals surface area contributed by atoms with Gasteiger partial charge in [0.15, 0.2) is 17.4 Å². The number of fused-ring (bicyclic) bond motifs is 3. The smallest absolute Gasteiger partial charge is 0.231 e. The highest BCUT2D eigenvalue weighted by atomic mass is 35.5. The molecule has 3 aromatic rings. The van der Waals surface area contributed by atoms with Gasteiger partial charge in [0.1, 0.15) is 5.82 Å². The zero-order chi connectivity index (χ0) is 24.3. The molecular weight excluding hydrogens is 471 g/mol. The Morgan fingerprint density at radius 3 is 2.66 bits per heavy atom. The molecule has 11 heteroatoms. The van der Waals surface area contributed by atoms with E-state index in [1.54, 1.807) is 0 Å². The van der Waals surface area contributed by atoms with Gasteiger partial charge in [-0.05, 0) is 30.7 Å². The van der Waals surface area contributed by atoms with Crippen molar-refractivity contribution in [2.24, 2.45) is 5.41 Å². The highest BCUT2D eigenvalue weighted by molar-refractivity contribution is 6.30. The number of ether oxygens (including phenoxy) is 1. The molecule has 1 aromatic carbocycles. The van der Waals surface area contributed by atoms with Gasteiger partial charge in [0, 0.05) is 49.2 Å². The Morgan fingerprint density at radius 2 is 1.91 bits per heavy atom. The minimum atomic E-state index is -0.410. The molecule has 2 saturated heterocycles. The zero-order valence-corrected chi connectivity index (χ0v) is 20.2. The van der Waals surface area contributed by atoms with Crippen LogP contribution < -0.4 is 14.5 Å². The lowest BCUT2D eigenvalue weighted by atomic mass is 9.73. The molecule has 1 spiro atoms. The Hall–Kier alpha value is -3.42. The van der Waals surface area contributed by atoms with Crippen LogP contribution in [0, 0.1) is 22.6 Å². The number of nitrogens with zero attached hydrogens (tertiary/aromatic N) is 8. The number of rotatable bonds is 4. The Bertz CT molecular complexity index is 1340. The van der Waals surface area contributed by atoms with E-state index < -0.39 is 5.82 Å². The lowest BCUT2D eigenvalue weighted by Crippen LogP contribution is -2.73. The summed E-state index contributed by atoms with van der Waals surface area (Å²) in [5.41, 5.74) is 2.16. The van der Waals surface area contributed by atoms with Crippen molar-refractivity contribution in [1.82, 2.24) is 24.6 Å². The third-order valence-electron chi connectivity index (χ3n) is 7.15. The van der Waals surface area contributed by atoms with Crippen LogP contribution in [0.15, 0.2) is 30.5 Å². The molecule has 0 bridgehead atoms. The third-order valence-corrected chi connectivity index (χ3v) is 7.39. The van der Waals surface area contributed by atoms with Crippen molar-refractivity contribution in [3.8, 4) is 17.5 Å². The first-order chi connectivity index (χ1) is 16.9. The fourth-order valence-corrected chi connectivity index (χ4v) is 5.59. The maximum Gasteiger partial charge on any atom is 0.231 e. The summed E-state index contributed by atoms with van der Waals surface area (Å²) >= 11 is 6.32. The molecule has 2 fully saturated rings. The van der Waals surface area contributed by atoms with Crippen LogP contribution >= 0.6 is 11.6 Å². The summed E-state index contributed by atoms with van der Waals surface area (Å²) in [7, 11) is 1.53. The van der Waals surface area contributed by atoms with Crippen molar-refractivity contribution in [1.29, 1.82) is 5.26 Å². The average molecular weight is 495 g/mol. The topological polar surface area (TPSA) is 86.3 Å². The van der Waals surface area contributed by atoms with E-state index in [1.165, 1.54) is 19.4 Å². The molecule has 9 nitrogen and oxygen atoms in total. The number of halogens is 2. The fraction of sp³-hybridized carbons (Fsp3) is 0.417. The van der Waals surface area contributed by atoms with Gasteiger partial charge < -0.3 is 14.5 Å². The molecular formula is C24H24ClFN8O. The van der Waals surface area contributed by atoms with E-state index in [0.29, 0.717) is 29.7 Å². The second kappa shape index (κ2) is 8.07. The monoisotopic (exact) mass is 494 g/mol. The van der Waals surface area contributed by atoms with E-state index in [1.807, 2.05) is 25.1 Å². The molecule has 0 radical (unpaired) electrons. The maximum absolute atomic E-state index is 13.5. The van der Waals surface area contributed by atoms with Crippen LogP contribution in [-0.2, 0) is 13.1 Å². The summed E-state index contributed by atoms with van der Waals surface area (Å²) in [5, 5.41) is 19.2. The van der Waals surface area contributed by atoms with E-state index in [9.17, 15) is 9.65 Å². The predicted octanol–water partition coefficient (Wildman–Crippen LogP) is 3.02. The van der Waals surface area contributed by atoms with Gasteiger partial charge in [-0.3, -0.25) is 9.47 Å². The van der Waals surface area contributed by atoms with E-state index >= 15 is 0 Å². The van der Waals surface area contributed by atoms with E-state index in [-0.39, 0.29) is 11.5 Å². The molecule has 0 aliphatic carbocycles. The molecule has 0 amide bonds. The third kappa shape index (κ3) is 3.58. The van der Waals surface area contributed by atoms with Crippen LogP contribution in [0.25, 0.3) is 5.69 Å². The lowest BCUT2D eigenvalue weighted by Gasteiger charge is -2.60. The second-order valence-corrected chi connectivity index (χ2v) is 10.1. The first kappa shape index (κ1) is 22.1. The number of anilines is 2. The Kier molecular flexibility index (Phi) is 5.09. The number of benzene rings is 1. The van der Waals surface area contributed by atoms with Crippen LogP contribution in [-0.4, -0.2) is 64.0 Å².